The molecule has 1 atom stereocenters. The third kappa shape index (κ3) is 5.78. The molecule has 4 aromatic rings. The number of hydrogen-bond acceptors (Lipinski definition) is 5. The zero-order valence-electron chi connectivity index (χ0n) is 20.9. The van der Waals surface area contributed by atoms with Gasteiger partial charge in [-0.3, -0.25) is 4.90 Å². The number of ether oxygens (including phenoxy) is 2. The van der Waals surface area contributed by atoms with E-state index in [1.54, 1.807) is 7.11 Å². The molecule has 186 valence electrons. The van der Waals surface area contributed by atoms with Crippen LogP contribution in [0.25, 0.3) is 5.69 Å². The normalized spacial score (nSPS) is 14.1. The maximum absolute atomic E-state index is 10.9. The average molecular weight is 484 g/mol. The molecule has 1 aliphatic carbocycles. The fraction of sp³-hybridized carbons (Fsp3) is 0.300. The molecule has 0 aliphatic heterocycles. The zero-order chi connectivity index (χ0) is 24.9. The molecule has 0 saturated heterocycles. The lowest BCUT2D eigenvalue weighted by atomic mass is 10.1. The molecule has 1 fully saturated rings. The Morgan fingerprint density at radius 1 is 0.944 bits per heavy atom. The van der Waals surface area contributed by atoms with Gasteiger partial charge in [0.25, 0.3) is 0 Å². The highest BCUT2D eigenvalue weighted by Gasteiger charge is 2.32. The number of nitrogens with zero attached hydrogens (tertiary/aromatic N) is 3. The molecule has 1 N–H and O–H groups in total. The van der Waals surface area contributed by atoms with Crippen LogP contribution in [-0.4, -0.2) is 45.6 Å². The first-order valence-electron chi connectivity index (χ1n) is 12.5. The van der Waals surface area contributed by atoms with Crippen LogP contribution in [0.5, 0.6) is 17.4 Å². The monoisotopic (exact) mass is 483 g/mol. The first kappa shape index (κ1) is 24.1. The van der Waals surface area contributed by atoms with Gasteiger partial charge in [-0.05, 0) is 68.1 Å². The van der Waals surface area contributed by atoms with E-state index in [0.717, 1.165) is 46.8 Å². The summed E-state index contributed by atoms with van der Waals surface area (Å²) in [7, 11) is 1.65. The number of benzene rings is 3. The van der Waals surface area contributed by atoms with Crippen LogP contribution in [0.3, 0.4) is 0 Å². The van der Waals surface area contributed by atoms with E-state index in [1.165, 1.54) is 0 Å². The Morgan fingerprint density at radius 2 is 1.58 bits per heavy atom. The summed E-state index contributed by atoms with van der Waals surface area (Å²) >= 11 is 0. The van der Waals surface area contributed by atoms with Crippen LogP contribution < -0.4 is 9.47 Å². The van der Waals surface area contributed by atoms with E-state index in [-0.39, 0.29) is 0 Å². The Labute approximate surface area is 212 Å². The van der Waals surface area contributed by atoms with Crippen molar-refractivity contribution < 1.29 is 14.6 Å². The summed E-state index contributed by atoms with van der Waals surface area (Å²) < 4.78 is 13.7. The van der Waals surface area contributed by atoms with Gasteiger partial charge in [0.05, 0.1) is 30.2 Å². The van der Waals surface area contributed by atoms with E-state index in [2.05, 4.69) is 17.0 Å². The molecule has 0 radical (unpaired) electrons. The summed E-state index contributed by atoms with van der Waals surface area (Å²) in [5.74, 6) is 2.20. The van der Waals surface area contributed by atoms with E-state index in [4.69, 9.17) is 14.6 Å². The molecule has 3 aromatic carbocycles. The molecule has 1 saturated carbocycles. The third-order valence-corrected chi connectivity index (χ3v) is 6.60. The Bertz CT molecular complexity index is 1250. The van der Waals surface area contributed by atoms with E-state index in [0.29, 0.717) is 31.4 Å². The third-order valence-electron chi connectivity index (χ3n) is 6.60. The molecule has 0 amide bonds. The van der Waals surface area contributed by atoms with Gasteiger partial charge in [-0.2, -0.15) is 5.10 Å². The zero-order valence-corrected chi connectivity index (χ0v) is 20.9. The van der Waals surface area contributed by atoms with Crippen LogP contribution >= 0.6 is 0 Å². The molecule has 0 unspecified atom stereocenters. The molecule has 36 heavy (non-hydrogen) atoms. The Balaban J connectivity index is 1.43. The molecule has 1 heterocycles. The molecule has 5 rings (SSSR count). The quantitative estimate of drug-likeness (QED) is 0.303. The molecule has 1 aromatic heterocycles. The number of aryl methyl sites for hydroxylation is 1. The second-order valence-electron chi connectivity index (χ2n) is 9.40. The fourth-order valence-corrected chi connectivity index (χ4v) is 4.53. The summed E-state index contributed by atoms with van der Waals surface area (Å²) in [5, 5.41) is 15.8. The van der Waals surface area contributed by atoms with Crippen LogP contribution in [0.15, 0.2) is 84.9 Å². The second-order valence-corrected chi connectivity index (χ2v) is 9.40. The SMILES string of the molecule is COc1ccc(Oc2c(CN(C[C@H](O)Cc3ccccc3)C3CC3)c(C)nn2-c2ccccc2)cc1. The number of para-hydroxylation sites is 1. The van der Waals surface area contributed by atoms with Crippen LogP contribution in [-0.2, 0) is 13.0 Å². The highest BCUT2D eigenvalue weighted by Crippen LogP contribution is 2.35. The van der Waals surface area contributed by atoms with Crippen molar-refractivity contribution in [2.75, 3.05) is 13.7 Å². The largest absolute Gasteiger partial charge is 0.497 e. The standard InChI is InChI=1S/C30H33N3O3/c1-22-29(21-32(24-13-14-24)20-26(34)19-23-9-5-3-6-10-23)30(33(31-22)25-11-7-4-8-12-25)36-28-17-15-27(35-2)16-18-28/h3-12,15-18,24,26,34H,13-14,19-21H2,1-2H3/t26-/m1/s1. The topological polar surface area (TPSA) is 59.8 Å². The first-order chi connectivity index (χ1) is 17.6. The van der Waals surface area contributed by atoms with Crippen molar-refractivity contribution >= 4 is 0 Å². The predicted molar refractivity (Wildman–Crippen MR) is 141 cm³/mol. The van der Waals surface area contributed by atoms with Crippen molar-refractivity contribution in [1.82, 2.24) is 14.7 Å². The smallest absolute Gasteiger partial charge is 0.227 e. The molecular weight excluding hydrogens is 450 g/mol. The van der Waals surface area contributed by atoms with Gasteiger partial charge in [0, 0.05) is 19.1 Å². The number of aliphatic hydroxyl groups is 1. The van der Waals surface area contributed by atoms with Crippen molar-refractivity contribution in [3.05, 3.63) is 102 Å². The highest BCUT2D eigenvalue weighted by atomic mass is 16.5. The summed E-state index contributed by atoms with van der Waals surface area (Å²) in [6.07, 6.45) is 2.50. The van der Waals surface area contributed by atoms with Crippen molar-refractivity contribution in [2.24, 2.45) is 0 Å². The minimum absolute atomic E-state index is 0.441. The number of aliphatic hydroxyl groups excluding tert-OH is 1. The summed E-state index contributed by atoms with van der Waals surface area (Å²) in [5.41, 5.74) is 4.05. The minimum Gasteiger partial charge on any atom is -0.497 e. The van der Waals surface area contributed by atoms with Crippen molar-refractivity contribution in [3.63, 3.8) is 0 Å². The van der Waals surface area contributed by atoms with Crippen molar-refractivity contribution in [1.29, 1.82) is 0 Å². The van der Waals surface area contributed by atoms with Gasteiger partial charge in [-0.15, -0.1) is 0 Å². The maximum atomic E-state index is 10.9. The second kappa shape index (κ2) is 11.0. The van der Waals surface area contributed by atoms with E-state index < -0.39 is 6.10 Å². The summed E-state index contributed by atoms with van der Waals surface area (Å²) in [4.78, 5) is 2.38. The Hall–Kier alpha value is -3.61. The van der Waals surface area contributed by atoms with Crippen molar-refractivity contribution in [2.45, 2.75) is 44.9 Å². The van der Waals surface area contributed by atoms with E-state index >= 15 is 0 Å². The fourth-order valence-electron chi connectivity index (χ4n) is 4.53. The molecule has 1 aliphatic rings. The van der Waals surface area contributed by atoms with Crippen LogP contribution in [0, 0.1) is 6.92 Å². The Kier molecular flexibility index (Phi) is 7.35. The van der Waals surface area contributed by atoms with Crippen molar-refractivity contribution in [3.8, 4) is 23.1 Å². The summed E-state index contributed by atoms with van der Waals surface area (Å²) in [6, 6.07) is 28.3. The van der Waals surface area contributed by atoms with Crippen LogP contribution in [0.4, 0.5) is 0 Å². The van der Waals surface area contributed by atoms with E-state index in [1.807, 2.05) is 84.4 Å². The minimum atomic E-state index is -0.441. The van der Waals surface area contributed by atoms with Gasteiger partial charge in [0.2, 0.25) is 5.88 Å². The average Bonchev–Trinajstić information content (AvgIpc) is 3.71. The Morgan fingerprint density at radius 3 is 2.22 bits per heavy atom. The lowest BCUT2D eigenvalue weighted by Gasteiger charge is -2.25. The summed E-state index contributed by atoms with van der Waals surface area (Å²) in [6.45, 7) is 3.30. The molecule has 6 heteroatoms. The molecule has 0 spiro atoms. The molecule has 0 bridgehead atoms. The van der Waals surface area contributed by atoms with E-state index in [9.17, 15) is 5.11 Å². The van der Waals surface area contributed by atoms with Gasteiger partial charge in [-0.1, -0.05) is 48.5 Å². The molecule has 6 nitrogen and oxygen atoms in total. The lowest BCUT2D eigenvalue weighted by molar-refractivity contribution is 0.103. The maximum Gasteiger partial charge on any atom is 0.227 e. The van der Waals surface area contributed by atoms with Crippen LogP contribution in [0.1, 0.15) is 29.7 Å². The van der Waals surface area contributed by atoms with Gasteiger partial charge >= 0.3 is 0 Å². The molecular formula is C30H33N3O3. The first-order valence-corrected chi connectivity index (χ1v) is 12.5. The highest BCUT2D eigenvalue weighted by molar-refractivity contribution is 5.44. The lowest BCUT2D eigenvalue weighted by Crippen LogP contribution is -2.35. The van der Waals surface area contributed by atoms with Gasteiger partial charge in [0.15, 0.2) is 0 Å². The van der Waals surface area contributed by atoms with Gasteiger partial charge in [-0.25, -0.2) is 4.68 Å². The van der Waals surface area contributed by atoms with Gasteiger partial charge in [0.1, 0.15) is 11.5 Å². The van der Waals surface area contributed by atoms with Crippen LogP contribution in [0.2, 0.25) is 0 Å². The number of aromatic nitrogens is 2. The number of methoxy groups -OCH3 is 1. The number of rotatable bonds is 11. The van der Waals surface area contributed by atoms with Gasteiger partial charge < -0.3 is 14.6 Å². The number of hydrogen-bond donors (Lipinski definition) is 1. The predicted octanol–water partition coefficient (Wildman–Crippen LogP) is 5.55.